The second kappa shape index (κ2) is 8.90. The molecular formula is C21H26N6O4. The molecule has 3 aromatic rings. The van der Waals surface area contributed by atoms with E-state index in [0.29, 0.717) is 17.9 Å². The lowest BCUT2D eigenvalue weighted by atomic mass is 10.1. The summed E-state index contributed by atoms with van der Waals surface area (Å²) in [6, 6.07) is 8.27. The maximum Gasteiger partial charge on any atom is 0.409 e. The van der Waals surface area contributed by atoms with E-state index in [1.807, 2.05) is 19.3 Å². The van der Waals surface area contributed by atoms with Gasteiger partial charge in [0.15, 0.2) is 0 Å². The number of carbonyl (C=O) groups excluding carboxylic acids is 1. The topological polar surface area (TPSA) is 134 Å². The van der Waals surface area contributed by atoms with E-state index < -0.39 is 23.8 Å². The minimum Gasteiger partial charge on any atom is -0.465 e. The van der Waals surface area contributed by atoms with Gasteiger partial charge in [0.25, 0.3) is 0 Å². The molecule has 10 nitrogen and oxygen atoms in total. The van der Waals surface area contributed by atoms with E-state index in [1.165, 1.54) is 0 Å². The van der Waals surface area contributed by atoms with Crippen molar-refractivity contribution in [1.29, 1.82) is 0 Å². The number of amides is 2. The molecule has 0 saturated carbocycles. The number of benzene rings is 1. The van der Waals surface area contributed by atoms with Crippen LogP contribution in [0, 0.1) is 0 Å². The van der Waals surface area contributed by atoms with Crippen molar-refractivity contribution in [2.24, 2.45) is 7.05 Å². The zero-order valence-corrected chi connectivity index (χ0v) is 17.8. The van der Waals surface area contributed by atoms with E-state index >= 15 is 0 Å². The van der Waals surface area contributed by atoms with Gasteiger partial charge in [0.2, 0.25) is 0 Å². The Kier molecular flexibility index (Phi) is 6.28. The molecule has 0 fully saturated rings. The summed E-state index contributed by atoms with van der Waals surface area (Å²) in [4.78, 5) is 30.8. The largest absolute Gasteiger partial charge is 0.465 e. The fourth-order valence-electron chi connectivity index (χ4n) is 2.96. The number of H-pyrrole nitrogens is 1. The van der Waals surface area contributed by atoms with Gasteiger partial charge < -0.3 is 20.1 Å². The zero-order chi connectivity index (χ0) is 22.6. The summed E-state index contributed by atoms with van der Waals surface area (Å²) in [5, 5.41) is 18.3. The Hall–Kier alpha value is -3.82. The second-order valence-corrected chi connectivity index (χ2v) is 8.07. The monoisotopic (exact) mass is 426 g/mol. The summed E-state index contributed by atoms with van der Waals surface area (Å²) < 4.78 is 7.09. The van der Waals surface area contributed by atoms with Gasteiger partial charge in [0.05, 0.1) is 23.6 Å². The Labute approximate surface area is 179 Å². The van der Waals surface area contributed by atoms with Gasteiger partial charge in [-0.1, -0.05) is 12.1 Å². The van der Waals surface area contributed by atoms with Gasteiger partial charge >= 0.3 is 12.2 Å². The number of nitrogens with one attached hydrogen (secondary N) is 3. The number of aromatic nitrogens is 4. The van der Waals surface area contributed by atoms with Crippen molar-refractivity contribution in [3.05, 3.63) is 54.2 Å². The van der Waals surface area contributed by atoms with Crippen LogP contribution in [0.2, 0.25) is 0 Å². The lowest BCUT2D eigenvalue weighted by Crippen LogP contribution is -2.36. The van der Waals surface area contributed by atoms with Gasteiger partial charge in [-0.3, -0.25) is 10.00 Å². The normalized spacial score (nSPS) is 12.3. The molecule has 0 spiro atoms. The van der Waals surface area contributed by atoms with Crippen molar-refractivity contribution >= 4 is 17.9 Å². The summed E-state index contributed by atoms with van der Waals surface area (Å²) >= 11 is 0. The molecule has 0 unspecified atom stereocenters. The Morgan fingerprint density at radius 1 is 1.23 bits per heavy atom. The van der Waals surface area contributed by atoms with E-state index in [4.69, 9.17) is 9.84 Å². The minimum absolute atomic E-state index is 0.425. The zero-order valence-electron chi connectivity index (χ0n) is 17.8. The van der Waals surface area contributed by atoms with Crippen molar-refractivity contribution in [3.63, 3.8) is 0 Å². The van der Waals surface area contributed by atoms with E-state index in [0.717, 1.165) is 17.0 Å². The van der Waals surface area contributed by atoms with Gasteiger partial charge in [-0.05, 0) is 44.5 Å². The molecule has 2 amide bonds. The standard InChI is InChI=1S/C21H26N6O4/c1-21(2,3)31-20(30)25-16(11-15-9-10-27(4)26-15)18-22-12-17(24-18)13-5-7-14(8-6-13)23-19(28)29/h5-10,12,16,23H,11H2,1-4H3,(H,22,24)(H,25,30)(H,28,29)/t16-/m0/s1. The molecule has 0 aliphatic heterocycles. The fraction of sp³-hybridized carbons (Fsp3) is 0.333. The van der Waals surface area contributed by atoms with Gasteiger partial charge in [-0.2, -0.15) is 5.10 Å². The van der Waals surface area contributed by atoms with Crippen LogP contribution in [0.15, 0.2) is 42.7 Å². The summed E-state index contributed by atoms with van der Waals surface area (Å²) in [6.07, 6.45) is 2.25. The molecule has 3 rings (SSSR count). The Bertz CT molecular complexity index is 1050. The van der Waals surface area contributed by atoms with Crippen LogP contribution in [0.3, 0.4) is 0 Å². The molecule has 1 aromatic carbocycles. The molecule has 0 aliphatic rings. The highest BCUT2D eigenvalue weighted by Crippen LogP contribution is 2.23. The molecule has 164 valence electrons. The molecule has 2 aromatic heterocycles. The first-order valence-electron chi connectivity index (χ1n) is 9.72. The van der Waals surface area contributed by atoms with Crippen molar-refractivity contribution in [1.82, 2.24) is 25.1 Å². The van der Waals surface area contributed by atoms with Gasteiger partial charge in [0, 0.05) is 25.4 Å². The van der Waals surface area contributed by atoms with Gasteiger partial charge in [-0.25, -0.2) is 14.6 Å². The summed E-state index contributed by atoms with van der Waals surface area (Å²) in [7, 11) is 1.83. The number of hydrogen-bond donors (Lipinski definition) is 4. The second-order valence-electron chi connectivity index (χ2n) is 8.07. The average Bonchev–Trinajstić information content (AvgIpc) is 3.29. The molecule has 0 aliphatic carbocycles. The molecule has 31 heavy (non-hydrogen) atoms. The quantitative estimate of drug-likeness (QED) is 0.475. The number of imidazole rings is 1. The molecule has 0 saturated heterocycles. The van der Waals surface area contributed by atoms with Crippen LogP contribution in [-0.4, -0.2) is 42.6 Å². The summed E-state index contributed by atoms with van der Waals surface area (Å²) in [6.45, 7) is 5.40. The van der Waals surface area contributed by atoms with Crippen LogP contribution in [0.25, 0.3) is 11.3 Å². The van der Waals surface area contributed by atoms with Gasteiger partial charge in [-0.15, -0.1) is 0 Å². The van der Waals surface area contributed by atoms with Crippen LogP contribution in [-0.2, 0) is 18.2 Å². The lowest BCUT2D eigenvalue weighted by Gasteiger charge is -2.22. The highest BCUT2D eigenvalue weighted by molar-refractivity contribution is 5.83. The minimum atomic E-state index is -1.12. The van der Waals surface area contributed by atoms with Crippen LogP contribution >= 0.6 is 0 Å². The van der Waals surface area contributed by atoms with E-state index in [9.17, 15) is 9.59 Å². The van der Waals surface area contributed by atoms with E-state index in [2.05, 4.69) is 25.7 Å². The number of carbonyl (C=O) groups is 2. The van der Waals surface area contributed by atoms with Crippen molar-refractivity contribution in [2.45, 2.75) is 38.8 Å². The number of rotatable bonds is 6. The number of nitrogens with zero attached hydrogens (tertiary/aromatic N) is 3. The number of aryl methyl sites for hydroxylation is 1. The Morgan fingerprint density at radius 2 is 1.94 bits per heavy atom. The van der Waals surface area contributed by atoms with Crippen LogP contribution < -0.4 is 10.6 Å². The predicted molar refractivity (Wildman–Crippen MR) is 115 cm³/mol. The van der Waals surface area contributed by atoms with E-state index in [1.54, 1.807) is 55.9 Å². The third-order valence-corrected chi connectivity index (χ3v) is 4.25. The number of ether oxygens (including phenoxy) is 1. The summed E-state index contributed by atoms with van der Waals surface area (Å²) in [5.41, 5.74) is 2.19. The number of anilines is 1. The van der Waals surface area contributed by atoms with Gasteiger partial charge in [0.1, 0.15) is 11.4 Å². The smallest absolute Gasteiger partial charge is 0.409 e. The van der Waals surface area contributed by atoms with E-state index in [-0.39, 0.29) is 0 Å². The van der Waals surface area contributed by atoms with Crippen LogP contribution in [0.5, 0.6) is 0 Å². The van der Waals surface area contributed by atoms with Crippen molar-refractivity contribution in [2.75, 3.05) is 5.32 Å². The molecule has 0 bridgehead atoms. The third kappa shape index (κ3) is 6.33. The highest BCUT2D eigenvalue weighted by atomic mass is 16.6. The molecular weight excluding hydrogens is 400 g/mol. The molecule has 0 radical (unpaired) electrons. The van der Waals surface area contributed by atoms with Crippen LogP contribution in [0.1, 0.15) is 38.3 Å². The van der Waals surface area contributed by atoms with Crippen LogP contribution in [0.4, 0.5) is 15.3 Å². The first kappa shape index (κ1) is 21.9. The number of alkyl carbamates (subject to hydrolysis) is 1. The molecule has 2 heterocycles. The Balaban J connectivity index is 1.81. The molecule has 1 atom stereocenters. The maximum absolute atomic E-state index is 12.4. The number of aromatic amines is 1. The predicted octanol–water partition coefficient (Wildman–Crippen LogP) is 3.71. The SMILES string of the molecule is Cn1ccc(C[C@H](NC(=O)OC(C)(C)C)c2ncc(-c3ccc(NC(=O)O)cc3)[nH]2)n1. The third-order valence-electron chi connectivity index (χ3n) is 4.25. The average molecular weight is 426 g/mol. The summed E-state index contributed by atoms with van der Waals surface area (Å²) in [5.74, 6) is 0.555. The van der Waals surface area contributed by atoms with Crippen molar-refractivity contribution in [3.8, 4) is 11.3 Å². The van der Waals surface area contributed by atoms with Crippen molar-refractivity contribution < 1.29 is 19.4 Å². The first-order valence-corrected chi connectivity index (χ1v) is 9.72. The Morgan fingerprint density at radius 3 is 2.52 bits per heavy atom. The highest BCUT2D eigenvalue weighted by Gasteiger charge is 2.23. The fourth-order valence-corrected chi connectivity index (χ4v) is 2.96. The molecule has 10 heteroatoms. The molecule has 4 N–H and O–H groups in total. The lowest BCUT2D eigenvalue weighted by molar-refractivity contribution is 0.0501. The number of hydrogen-bond acceptors (Lipinski definition) is 5. The first-order chi connectivity index (χ1) is 14.6. The number of carboxylic acid groups (broad SMARTS) is 1. The maximum atomic E-state index is 12.4.